The third kappa shape index (κ3) is 7.10. The second-order valence-corrected chi connectivity index (χ2v) is 9.54. The summed E-state index contributed by atoms with van der Waals surface area (Å²) in [5.74, 6) is 0.537. The number of aliphatic imine (C=N–C) groups is 1. The smallest absolute Gasteiger partial charge is 0.238 e. The van der Waals surface area contributed by atoms with Gasteiger partial charge in [-0.1, -0.05) is 30.8 Å². The Balaban J connectivity index is 1.53. The number of methoxy groups -OCH3 is 1. The van der Waals surface area contributed by atoms with E-state index in [9.17, 15) is 14.0 Å². The van der Waals surface area contributed by atoms with Crippen LogP contribution in [0.5, 0.6) is 11.5 Å². The van der Waals surface area contributed by atoms with E-state index in [2.05, 4.69) is 10.3 Å². The van der Waals surface area contributed by atoms with Gasteiger partial charge in [0.05, 0.1) is 25.9 Å². The molecule has 0 bridgehead atoms. The quantitative estimate of drug-likeness (QED) is 0.386. The Kier molecular flexibility index (Phi) is 8.79. The molecule has 1 atom stereocenters. The minimum Gasteiger partial charge on any atom is -0.497 e. The van der Waals surface area contributed by atoms with Crippen LogP contribution in [0.25, 0.3) is 0 Å². The second-order valence-electron chi connectivity index (χ2n) is 8.37. The number of halogens is 1. The Morgan fingerprint density at radius 2 is 1.73 bits per heavy atom. The fourth-order valence-electron chi connectivity index (χ4n) is 3.61. The molecule has 1 N–H and O–H groups in total. The molecule has 3 aromatic rings. The number of amidine groups is 1. The first-order valence-corrected chi connectivity index (χ1v) is 12.8. The summed E-state index contributed by atoms with van der Waals surface area (Å²) in [5, 5.41) is 2.62. The molecular formula is C28H28FN3O4S. The maximum atomic E-state index is 13.4. The number of amides is 2. The molecule has 1 saturated heterocycles. The molecule has 9 heteroatoms. The first kappa shape index (κ1) is 26.2. The lowest BCUT2D eigenvalue weighted by Crippen LogP contribution is -2.44. The number of nitrogens with one attached hydrogen (secondary N) is 1. The van der Waals surface area contributed by atoms with Crippen molar-refractivity contribution in [3.63, 3.8) is 0 Å². The summed E-state index contributed by atoms with van der Waals surface area (Å²) in [7, 11) is 1.58. The van der Waals surface area contributed by atoms with E-state index in [-0.39, 0.29) is 30.6 Å². The van der Waals surface area contributed by atoms with Crippen molar-refractivity contribution in [2.75, 3.05) is 19.0 Å². The summed E-state index contributed by atoms with van der Waals surface area (Å²) < 4.78 is 24.2. The van der Waals surface area contributed by atoms with Gasteiger partial charge in [-0.25, -0.2) is 9.38 Å². The summed E-state index contributed by atoms with van der Waals surface area (Å²) in [4.78, 5) is 32.5. The number of hydrogen-bond donors (Lipinski definition) is 1. The average Bonchev–Trinajstić information content (AvgIpc) is 2.91. The normalized spacial score (nSPS) is 16.5. The van der Waals surface area contributed by atoms with Gasteiger partial charge in [0.1, 0.15) is 22.6 Å². The highest BCUT2D eigenvalue weighted by Gasteiger charge is 2.36. The van der Waals surface area contributed by atoms with E-state index < -0.39 is 5.25 Å². The fourth-order valence-corrected chi connectivity index (χ4v) is 4.71. The molecule has 7 nitrogen and oxygen atoms in total. The van der Waals surface area contributed by atoms with Crippen molar-refractivity contribution >= 4 is 40.1 Å². The van der Waals surface area contributed by atoms with Gasteiger partial charge in [-0.05, 0) is 72.6 Å². The SMILES string of the molecule is CCCOc1ccc(NC(=O)C2CC(=O)N(Cc3ccc(F)cc3)C(=Nc3ccc(OC)cc3)S2)cc1. The minimum atomic E-state index is -0.662. The van der Waals surface area contributed by atoms with Crippen LogP contribution in [0.2, 0.25) is 0 Å². The van der Waals surface area contributed by atoms with Crippen LogP contribution in [0.1, 0.15) is 25.3 Å². The van der Waals surface area contributed by atoms with Gasteiger partial charge in [0.2, 0.25) is 11.8 Å². The van der Waals surface area contributed by atoms with E-state index in [1.54, 1.807) is 67.8 Å². The van der Waals surface area contributed by atoms with Crippen LogP contribution in [-0.2, 0) is 16.1 Å². The van der Waals surface area contributed by atoms with Crippen molar-refractivity contribution in [3.8, 4) is 11.5 Å². The van der Waals surface area contributed by atoms with Gasteiger partial charge in [0, 0.05) is 12.1 Å². The lowest BCUT2D eigenvalue weighted by atomic mass is 10.2. The van der Waals surface area contributed by atoms with Crippen LogP contribution in [0.4, 0.5) is 15.8 Å². The average molecular weight is 522 g/mol. The molecule has 1 aliphatic rings. The molecule has 1 heterocycles. The largest absolute Gasteiger partial charge is 0.497 e. The van der Waals surface area contributed by atoms with Gasteiger partial charge < -0.3 is 14.8 Å². The van der Waals surface area contributed by atoms with Crippen LogP contribution >= 0.6 is 11.8 Å². The van der Waals surface area contributed by atoms with Crippen molar-refractivity contribution in [1.82, 2.24) is 4.90 Å². The zero-order valence-corrected chi connectivity index (χ0v) is 21.5. The summed E-state index contributed by atoms with van der Waals surface area (Å²) in [6.07, 6.45) is 0.918. The van der Waals surface area contributed by atoms with Crippen LogP contribution in [0.3, 0.4) is 0 Å². The second kappa shape index (κ2) is 12.4. The van der Waals surface area contributed by atoms with Crippen molar-refractivity contribution < 1.29 is 23.5 Å². The van der Waals surface area contributed by atoms with Gasteiger partial charge in [-0.15, -0.1) is 0 Å². The maximum absolute atomic E-state index is 13.4. The maximum Gasteiger partial charge on any atom is 0.238 e. The number of thioether (sulfide) groups is 1. The molecule has 1 unspecified atom stereocenters. The fraction of sp³-hybridized carbons (Fsp3) is 0.250. The lowest BCUT2D eigenvalue weighted by molar-refractivity contribution is -0.129. The molecule has 0 spiro atoms. The monoisotopic (exact) mass is 521 g/mol. The van der Waals surface area contributed by atoms with Crippen molar-refractivity contribution in [2.45, 2.75) is 31.6 Å². The van der Waals surface area contributed by atoms with Crippen molar-refractivity contribution in [1.29, 1.82) is 0 Å². The molecular weight excluding hydrogens is 493 g/mol. The number of benzene rings is 3. The van der Waals surface area contributed by atoms with Crippen LogP contribution in [-0.4, -0.2) is 40.8 Å². The molecule has 0 saturated carbocycles. The highest BCUT2D eigenvalue weighted by Crippen LogP contribution is 2.31. The minimum absolute atomic E-state index is 0.0109. The Bertz CT molecular complexity index is 1250. The summed E-state index contributed by atoms with van der Waals surface area (Å²) in [6.45, 7) is 2.87. The van der Waals surface area contributed by atoms with Crippen LogP contribution < -0.4 is 14.8 Å². The Labute approximate surface area is 219 Å². The van der Waals surface area contributed by atoms with E-state index in [0.717, 1.165) is 17.7 Å². The van der Waals surface area contributed by atoms with E-state index in [4.69, 9.17) is 9.47 Å². The lowest BCUT2D eigenvalue weighted by Gasteiger charge is -2.32. The zero-order chi connectivity index (χ0) is 26.2. The van der Waals surface area contributed by atoms with Crippen molar-refractivity contribution in [2.24, 2.45) is 4.99 Å². The predicted octanol–water partition coefficient (Wildman–Crippen LogP) is 5.78. The number of anilines is 1. The molecule has 1 fully saturated rings. The molecule has 3 aromatic carbocycles. The highest BCUT2D eigenvalue weighted by atomic mass is 32.2. The molecule has 192 valence electrons. The molecule has 1 aliphatic heterocycles. The van der Waals surface area contributed by atoms with Gasteiger partial charge in [-0.3, -0.25) is 14.5 Å². The van der Waals surface area contributed by atoms with Gasteiger partial charge in [0.25, 0.3) is 0 Å². The summed E-state index contributed by atoms with van der Waals surface area (Å²) >= 11 is 1.23. The number of hydrogen-bond acceptors (Lipinski definition) is 6. The van der Waals surface area contributed by atoms with Gasteiger partial charge in [0.15, 0.2) is 5.17 Å². The molecule has 0 aliphatic carbocycles. The van der Waals surface area contributed by atoms with Crippen LogP contribution in [0.15, 0.2) is 77.8 Å². The molecule has 37 heavy (non-hydrogen) atoms. The van der Waals surface area contributed by atoms with Gasteiger partial charge in [-0.2, -0.15) is 0 Å². The number of carbonyl (C=O) groups is 2. The first-order valence-electron chi connectivity index (χ1n) is 11.9. The first-order chi connectivity index (χ1) is 17.9. The molecule has 4 rings (SSSR count). The highest BCUT2D eigenvalue weighted by molar-refractivity contribution is 8.15. The number of rotatable bonds is 9. The topological polar surface area (TPSA) is 80.2 Å². The molecule has 0 radical (unpaired) electrons. The number of nitrogens with zero attached hydrogens (tertiary/aromatic N) is 2. The summed E-state index contributed by atoms with van der Waals surface area (Å²) in [5.41, 5.74) is 1.99. The predicted molar refractivity (Wildman–Crippen MR) is 144 cm³/mol. The third-order valence-electron chi connectivity index (χ3n) is 5.58. The standard InChI is InChI=1S/C28H28FN3O4S/c1-3-16-36-24-14-10-21(11-15-24)30-27(34)25-17-26(33)32(18-19-4-6-20(29)7-5-19)28(37-25)31-22-8-12-23(35-2)13-9-22/h4-15,25H,3,16-18H2,1-2H3,(H,30,34). The zero-order valence-electron chi connectivity index (χ0n) is 20.6. The van der Waals surface area contributed by atoms with Crippen LogP contribution in [0, 0.1) is 5.82 Å². The van der Waals surface area contributed by atoms with E-state index in [1.807, 2.05) is 6.92 Å². The Hall–Kier alpha value is -3.85. The molecule has 2 amide bonds. The third-order valence-corrected chi connectivity index (χ3v) is 6.77. The number of ether oxygens (including phenoxy) is 2. The number of carbonyl (C=O) groups excluding carboxylic acids is 2. The van der Waals surface area contributed by atoms with E-state index >= 15 is 0 Å². The summed E-state index contributed by atoms with van der Waals surface area (Å²) in [6, 6.07) is 20.2. The van der Waals surface area contributed by atoms with Crippen molar-refractivity contribution in [3.05, 3.63) is 84.2 Å². The molecule has 0 aromatic heterocycles. The van der Waals surface area contributed by atoms with E-state index in [0.29, 0.717) is 28.9 Å². The van der Waals surface area contributed by atoms with Gasteiger partial charge >= 0.3 is 0 Å². The van der Waals surface area contributed by atoms with E-state index in [1.165, 1.54) is 28.8 Å². The Morgan fingerprint density at radius 3 is 2.38 bits per heavy atom. The Morgan fingerprint density at radius 1 is 1.05 bits per heavy atom.